The summed E-state index contributed by atoms with van der Waals surface area (Å²) in [5.74, 6) is -0.290. The topological polar surface area (TPSA) is 85.2 Å². The van der Waals surface area contributed by atoms with E-state index in [1.807, 2.05) is 6.92 Å². The number of halogens is 1. The second kappa shape index (κ2) is 8.14. The van der Waals surface area contributed by atoms with E-state index in [0.717, 1.165) is 5.56 Å². The summed E-state index contributed by atoms with van der Waals surface area (Å²) in [7, 11) is 3.23. The molecule has 0 aliphatic heterocycles. The molecule has 0 saturated carbocycles. The summed E-state index contributed by atoms with van der Waals surface area (Å²) in [5.41, 5.74) is 2.69. The number of aromatic nitrogens is 2. The number of carbonyl (C=O) groups excluding carboxylic acids is 2. The normalized spacial score (nSPS) is 10.4. The zero-order valence-electron chi connectivity index (χ0n) is 15.6. The van der Waals surface area contributed by atoms with Crippen LogP contribution in [0.5, 0.6) is 5.75 Å². The molecule has 3 rings (SSSR count). The molecule has 0 aliphatic carbocycles. The minimum atomic E-state index is -0.360. The van der Waals surface area contributed by atoms with Gasteiger partial charge in [0, 0.05) is 29.5 Å². The van der Waals surface area contributed by atoms with Crippen molar-refractivity contribution in [1.29, 1.82) is 0 Å². The smallest absolute Gasteiger partial charge is 0.259 e. The number of nitrogens with zero attached hydrogens (tertiary/aromatic N) is 2. The SMILES string of the molecule is COc1cc(Cl)ccc1C(=O)Nc1cc(C(=O)Nc2cnn(C)c2)ccc1C. The first kappa shape index (κ1) is 19.4. The third-order valence-corrected chi connectivity index (χ3v) is 4.35. The third-order valence-electron chi connectivity index (χ3n) is 4.12. The van der Waals surface area contributed by atoms with Crippen molar-refractivity contribution in [3.05, 3.63) is 70.5 Å². The van der Waals surface area contributed by atoms with E-state index < -0.39 is 0 Å². The standard InChI is InChI=1S/C20H19ClN4O3/c1-12-4-5-13(19(26)23-15-10-22-25(2)11-15)8-17(12)24-20(27)16-7-6-14(21)9-18(16)28-3/h4-11H,1-3H3,(H,23,26)(H,24,27). The number of benzene rings is 2. The fraction of sp³-hybridized carbons (Fsp3) is 0.150. The Morgan fingerprint density at radius 1 is 1.11 bits per heavy atom. The number of anilines is 2. The van der Waals surface area contributed by atoms with Crippen molar-refractivity contribution < 1.29 is 14.3 Å². The van der Waals surface area contributed by atoms with E-state index in [1.54, 1.807) is 60.5 Å². The van der Waals surface area contributed by atoms with Crippen molar-refractivity contribution in [3.8, 4) is 5.75 Å². The number of hydrogen-bond donors (Lipinski definition) is 2. The van der Waals surface area contributed by atoms with Crippen LogP contribution in [0, 0.1) is 6.92 Å². The summed E-state index contributed by atoms with van der Waals surface area (Å²) < 4.78 is 6.82. The highest BCUT2D eigenvalue weighted by atomic mass is 35.5. The van der Waals surface area contributed by atoms with Gasteiger partial charge in [-0.1, -0.05) is 17.7 Å². The van der Waals surface area contributed by atoms with Gasteiger partial charge in [0.15, 0.2) is 0 Å². The lowest BCUT2D eigenvalue weighted by molar-refractivity contribution is 0.101. The number of nitrogens with one attached hydrogen (secondary N) is 2. The van der Waals surface area contributed by atoms with E-state index in [1.165, 1.54) is 7.11 Å². The molecule has 2 N–H and O–H groups in total. The largest absolute Gasteiger partial charge is 0.496 e. The number of hydrogen-bond acceptors (Lipinski definition) is 4. The molecular formula is C20H19ClN4O3. The first-order valence-corrected chi connectivity index (χ1v) is 8.80. The second-order valence-corrected chi connectivity index (χ2v) is 6.62. The van der Waals surface area contributed by atoms with Gasteiger partial charge in [0.1, 0.15) is 5.75 Å². The predicted octanol–water partition coefficient (Wildman–Crippen LogP) is 3.90. The van der Waals surface area contributed by atoms with Gasteiger partial charge in [-0.2, -0.15) is 5.10 Å². The number of rotatable bonds is 5. The Balaban J connectivity index is 1.81. The Morgan fingerprint density at radius 2 is 1.89 bits per heavy atom. The minimum Gasteiger partial charge on any atom is -0.496 e. The van der Waals surface area contributed by atoms with Gasteiger partial charge in [0.2, 0.25) is 0 Å². The third kappa shape index (κ3) is 4.32. The number of aryl methyl sites for hydroxylation is 2. The second-order valence-electron chi connectivity index (χ2n) is 6.19. The molecular weight excluding hydrogens is 380 g/mol. The van der Waals surface area contributed by atoms with Gasteiger partial charge >= 0.3 is 0 Å². The maximum atomic E-state index is 12.7. The fourth-order valence-corrected chi connectivity index (χ4v) is 2.79. The highest BCUT2D eigenvalue weighted by Gasteiger charge is 2.15. The van der Waals surface area contributed by atoms with Crippen molar-refractivity contribution in [3.63, 3.8) is 0 Å². The summed E-state index contributed by atoms with van der Waals surface area (Å²) in [5, 5.41) is 10.1. The van der Waals surface area contributed by atoms with E-state index in [-0.39, 0.29) is 11.8 Å². The van der Waals surface area contributed by atoms with Crippen LogP contribution < -0.4 is 15.4 Å². The Hall–Kier alpha value is -3.32. The van der Waals surface area contributed by atoms with Crippen LogP contribution in [0.25, 0.3) is 0 Å². The first-order valence-electron chi connectivity index (χ1n) is 8.43. The van der Waals surface area contributed by atoms with Crippen LogP contribution >= 0.6 is 11.6 Å². The molecule has 0 aliphatic rings. The lowest BCUT2D eigenvalue weighted by Gasteiger charge is -2.13. The lowest BCUT2D eigenvalue weighted by atomic mass is 10.1. The van der Waals surface area contributed by atoms with E-state index in [9.17, 15) is 9.59 Å². The molecule has 144 valence electrons. The van der Waals surface area contributed by atoms with Crippen LogP contribution in [-0.2, 0) is 7.05 Å². The monoisotopic (exact) mass is 398 g/mol. The molecule has 7 nitrogen and oxygen atoms in total. The molecule has 0 radical (unpaired) electrons. The van der Waals surface area contributed by atoms with Gasteiger partial charge in [-0.25, -0.2) is 0 Å². The number of carbonyl (C=O) groups is 2. The van der Waals surface area contributed by atoms with Crippen LogP contribution in [0.1, 0.15) is 26.3 Å². The summed E-state index contributed by atoms with van der Waals surface area (Å²) in [6.45, 7) is 1.84. The van der Waals surface area contributed by atoms with Gasteiger partial charge < -0.3 is 15.4 Å². The molecule has 1 aromatic heterocycles. The Bertz CT molecular complexity index is 1050. The Kier molecular flexibility index (Phi) is 5.65. The molecule has 0 saturated heterocycles. The average molecular weight is 399 g/mol. The molecule has 2 aromatic carbocycles. The van der Waals surface area contributed by atoms with Gasteiger partial charge in [0.25, 0.3) is 11.8 Å². The Morgan fingerprint density at radius 3 is 2.57 bits per heavy atom. The van der Waals surface area contributed by atoms with Crippen molar-refractivity contribution in [2.45, 2.75) is 6.92 Å². The summed E-state index contributed by atoms with van der Waals surface area (Å²) >= 11 is 5.95. The van der Waals surface area contributed by atoms with Gasteiger partial charge in [-0.3, -0.25) is 14.3 Å². The summed E-state index contributed by atoms with van der Waals surface area (Å²) in [4.78, 5) is 25.2. The fourth-order valence-electron chi connectivity index (χ4n) is 2.63. The zero-order valence-corrected chi connectivity index (χ0v) is 16.4. The molecule has 2 amide bonds. The van der Waals surface area contributed by atoms with Gasteiger partial charge in [0.05, 0.1) is 24.6 Å². The van der Waals surface area contributed by atoms with Crippen LogP contribution in [-0.4, -0.2) is 28.7 Å². The highest BCUT2D eigenvalue weighted by molar-refractivity contribution is 6.31. The number of ether oxygens (including phenoxy) is 1. The molecule has 28 heavy (non-hydrogen) atoms. The van der Waals surface area contributed by atoms with Gasteiger partial charge in [-0.15, -0.1) is 0 Å². The van der Waals surface area contributed by atoms with E-state index in [0.29, 0.717) is 33.3 Å². The molecule has 0 atom stereocenters. The van der Waals surface area contributed by atoms with E-state index in [2.05, 4.69) is 15.7 Å². The zero-order chi connectivity index (χ0) is 20.3. The number of amides is 2. The molecule has 0 bridgehead atoms. The Labute approximate surface area is 167 Å². The van der Waals surface area contributed by atoms with Crippen LogP contribution in [0.15, 0.2) is 48.8 Å². The maximum absolute atomic E-state index is 12.7. The van der Waals surface area contributed by atoms with E-state index >= 15 is 0 Å². The maximum Gasteiger partial charge on any atom is 0.259 e. The first-order chi connectivity index (χ1) is 13.4. The van der Waals surface area contributed by atoms with Crippen molar-refractivity contribution in [1.82, 2.24) is 9.78 Å². The van der Waals surface area contributed by atoms with Crippen LogP contribution in [0.4, 0.5) is 11.4 Å². The molecule has 0 spiro atoms. The minimum absolute atomic E-state index is 0.299. The summed E-state index contributed by atoms with van der Waals surface area (Å²) in [6.07, 6.45) is 3.25. The number of methoxy groups -OCH3 is 1. The molecule has 8 heteroatoms. The predicted molar refractivity (Wildman–Crippen MR) is 108 cm³/mol. The molecule has 1 heterocycles. The van der Waals surface area contributed by atoms with Crippen LogP contribution in [0.2, 0.25) is 5.02 Å². The van der Waals surface area contributed by atoms with Crippen molar-refractivity contribution in [2.24, 2.45) is 7.05 Å². The lowest BCUT2D eigenvalue weighted by Crippen LogP contribution is -2.16. The molecule has 0 unspecified atom stereocenters. The molecule has 3 aromatic rings. The quantitative estimate of drug-likeness (QED) is 0.682. The molecule has 0 fully saturated rings. The highest BCUT2D eigenvalue weighted by Crippen LogP contribution is 2.25. The van der Waals surface area contributed by atoms with Crippen molar-refractivity contribution >= 4 is 34.8 Å². The van der Waals surface area contributed by atoms with Crippen molar-refractivity contribution in [2.75, 3.05) is 17.7 Å². The van der Waals surface area contributed by atoms with E-state index in [4.69, 9.17) is 16.3 Å². The van der Waals surface area contributed by atoms with Crippen LogP contribution in [0.3, 0.4) is 0 Å². The summed E-state index contributed by atoms with van der Waals surface area (Å²) in [6, 6.07) is 9.86. The average Bonchev–Trinajstić information content (AvgIpc) is 3.07. The van der Waals surface area contributed by atoms with Gasteiger partial charge in [-0.05, 0) is 42.8 Å².